The molecular weight excluding hydrogens is 510 g/mol. The predicted octanol–water partition coefficient (Wildman–Crippen LogP) is 3.73. The topological polar surface area (TPSA) is 87.7 Å². The lowest BCUT2D eigenvalue weighted by Gasteiger charge is -2.20. The summed E-state index contributed by atoms with van der Waals surface area (Å²) in [6, 6.07) is 15.6. The van der Waals surface area contributed by atoms with Gasteiger partial charge in [-0.15, -0.1) is 10.2 Å². The number of hydrogen-bond donors (Lipinski definition) is 1. The summed E-state index contributed by atoms with van der Waals surface area (Å²) in [5.74, 6) is -0.282. The monoisotopic (exact) mass is 539 g/mol. The molecule has 1 atom stereocenters. The largest absolute Gasteiger partial charge is 0.380 e. The van der Waals surface area contributed by atoms with E-state index in [9.17, 15) is 9.59 Å². The highest BCUT2D eigenvalue weighted by molar-refractivity contribution is 7.13. The van der Waals surface area contributed by atoms with Crippen LogP contribution >= 0.6 is 22.9 Å². The maximum absolute atomic E-state index is 12.8. The Morgan fingerprint density at radius 1 is 1.03 bits per heavy atom. The third-order valence-corrected chi connectivity index (χ3v) is 7.86. The molecule has 194 valence electrons. The van der Waals surface area contributed by atoms with Gasteiger partial charge in [-0.2, -0.15) is 0 Å². The van der Waals surface area contributed by atoms with Crippen LogP contribution in [0.15, 0.2) is 48.5 Å². The molecule has 10 heteroatoms. The Morgan fingerprint density at radius 3 is 2.62 bits per heavy atom. The minimum absolute atomic E-state index is 0.00336. The van der Waals surface area contributed by atoms with Crippen LogP contribution in [0.2, 0.25) is 5.02 Å². The number of rotatable bonds is 8. The lowest BCUT2D eigenvalue weighted by Crippen LogP contribution is -2.37. The number of nitrogens with one attached hydrogen (secondary N) is 1. The zero-order valence-electron chi connectivity index (χ0n) is 20.6. The van der Waals surface area contributed by atoms with Gasteiger partial charge in [-0.25, -0.2) is 0 Å². The van der Waals surface area contributed by atoms with Crippen LogP contribution in [0.25, 0.3) is 0 Å². The Morgan fingerprint density at radius 2 is 1.81 bits per heavy atom. The molecule has 1 aromatic heterocycles. The van der Waals surface area contributed by atoms with Crippen LogP contribution in [0, 0.1) is 0 Å². The van der Waals surface area contributed by atoms with Crippen molar-refractivity contribution in [1.29, 1.82) is 0 Å². The maximum atomic E-state index is 12.8. The highest BCUT2D eigenvalue weighted by Gasteiger charge is 2.32. The number of aryl methyl sites for hydroxylation is 2. The van der Waals surface area contributed by atoms with E-state index in [-0.39, 0.29) is 24.3 Å². The van der Waals surface area contributed by atoms with Gasteiger partial charge in [0.25, 0.3) is 5.91 Å². The summed E-state index contributed by atoms with van der Waals surface area (Å²) in [5, 5.41) is 13.0. The van der Waals surface area contributed by atoms with Crippen molar-refractivity contribution in [3.63, 3.8) is 0 Å². The number of benzene rings is 2. The second kappa shape index (κ2) is 12.1. The standard InChI is InChI=1S/C27H30ClN5O3S/c28-21-7-2-19(3-8-21)6-11-24-30-31-27(37-24)26(35)29-22-16-25(34)33(18-22)23-9-4-20(5-10-23)17-32-12-1-14-36-15-13-32/h2-5,7-10,22H,1,6,11-18H2,(H,29,35). The fraction of sp³-hybridized carbons (Fsp3) is 0.407. The second-order valence-corrected chi connectivity index (χ2v) is 10.9. The Labute approximate surface area is 225 Å². The van der Waals surface area contributed by atoms with Crippen LogP contribution < -0.4 is 10.2 Å². The van der Waals surface area contributed by atoms with Gasteiger partial charge in [0, 0.05) is 56.3 Å². The summed E-state index contributed by atoms with van der Waals surface area (Å²) >= 11 is 7.23. The van der Waals surface area contributed by atoms with Crippen molar-refractivity contribution in [2.75, 3.05) is 37.7 Å². The normalized spacial score (nSPS) is 18.7. The molecule has 37 heavy (non-hydrogen) atoms. The van der Waals surface area contributed by atoms with Crippen LogP contribution in [0.1, 0.15) is 38.8 Å². The third-order valence-electron chi connectivity index (χ3n) is 6.63. The number of ether oxygens (including phenoxy) is 1. The summed E-state index contributed by atoms with van der Waals surface area (Å²) < 4.78 is 5.53. The summed E-state index contributed by atoms with van der Waals surface area (Å²) in [7, 11) is 0. The average Bonchev–Trinajstić information content (AvgIpc) is 3.43. The molecular formula is C27H30ClN5O3S. The first-order chi connectivity index (χ1) is 18.0. The van der Waals surface area contributed by atoms with Crippen molar-refractivity contribution in [2.45, 2.75) is 38.3 Å². The van der Waals surface area contributed by atoms with Crippen LogP contribution in [0.4, 0.5) is 5.69 Å². The van der Waals surface area contributed by atoms with Crippen molar-refractivity contribution >= 4 is 40.4 Å². The molecule has 2 aliphatic rings. The quantitative estimate of drug-likeness (QED) is 0.469. The van der Waals surface area contributed by atoms with Gasteiger partial charge < -0.3 is 15.0 Å². The number of aromatic nitrogens is 2. The van der Waals surface area contributed by atoms with E-state index in [0.29, 0.717) is 23.0 Å². The first kappa shape index (κ1) is 25.8. The number of anilines is 1. The van der Waals surface area contributed by atoms with E-state index in [0.717, 1.165) is 61.9 Å². The predicted molar refractivity (Wildman–Crippen MR) is 144 cm³/mol. The highest BCUT2D eigenvalue weighted by atomic mass is 35.5. The molecule has 0 spiro atoms. The molecule has 2 fully saturated rings. The van der Waals surface area contributed by atoms with Gasteiger partial charge in [0.1, 0.15) is 5.01 Å². The van der Waals surface area contributed by atoms with Gasteiger partial charge in [0.2, 0.25) is 10.9 Å². The number of nitrogens with zero attached hydrogens (tertiary/aromatic N) is 4. The average molecular weight is 540 g/mol. The number of halogens is 1. The Hall–Kier alpha value is -2.85. The van der Waals surface area contributed by atoms with E-state index in [1.54, 1.807) is 4.90 Å². The number of carbonyl (C=O) groups excluding carboxylic acids is 2. The maximum Gasteiger partial charge on any atom is 0.282 e. The molecule has 5 rings (SSSR count). The molecule has 0 aliphatic carbocycles. The van der Waals surface area contributed by atoms with Crippen molar-refractivity contribution in [1.82, 2.24) is 20.4 Å². The fourth-order valence-corrected chi connectivity index (χ4v) is 5.51. The van der Waals surface area contributed by atoms with E-state index < -0.39 is 0 Å². The highest BCUT2D eigenvalue weighted by Crippen LogP contribution is 2.23. The SMILES string of the molecule is O=C(NC1CC(=O)N(c2ccc(CN3CCCOCC3)cc2)C1)c1nnc(CCc2ccc(Cl)cc2)s1. The number of carbonyl (C=O) groups is 2. The fourth-order valence-electron chi connectivity index (χ4n) is 4.65. The first-order valence-electron chi connectivity index (χ1n) is 12.6. The molecule has 1 unspecified atom stereocenters. The first-order valence-corrected chi connectivity index (χ1v) is 13.8. The van der Waals surface area contributed by atoms with Crippen molar-refractivity contribution in [2.24, 2.45) is 0 Å². The van der Waals surface area contributed by atoms with Gasteiger partial charge in [-0.3, -0.25) is 14.5 Å². The van der Waals surface area contributed by atoms with Crippen molar-refractivity contribution in [3.05, 3.63) is 74.7 Å². The summed E-state index contributed by atoms with van der Waals surface area (Å²) in [5.41, 5.74) is 3.22. The molecule has 2 aromatic carbocycles. The summed E-state index contributed by atoms with van der Waals surface area (Å²) in [4.78, 5) is 29.6. The van der Waals surface area contributed by atoms with Gasteiger partial charge in [0.05, 0.1) is 12.6 Å². The van der Waals surface area contributed by atoms with Gasteiger partial charge in [0.15, 0.2) is 0 Å². The Kier molecular flexibility index (Phi) is 8.45. The molecule has 0 bridgehead atoms. The van der Waals surface area contributed by atoms with Gasteiger partial charge >= 0.3 is 0 Å². The van der Waals surface area contributed by atoms with E-state index in [4.69, 9.17) is 16.3 Å². The van der Waals surface area contributed by atoms with Gasteiger partial charge in [-0.05, 0) is 48.2 Å². The zero-order valence-corrected chi connectivity index (χ0v) is 22.1. The zero-order chi connectivity index (χ0) is 25.6. The van der Waals surface area contributed by atoms with E-state index in [2.05, 4.69) is 32.5 Å². The van der Waals surface area contributed by atoms with Gasteiger partial charge in [-0.1, -0.05) is 47.2 Å². The van der Waals surface area contributed by atoms with Crippen LogP contribution in [0.3, 0.4) is 0 Å². The van der Waals surface area contributed by atoms with E-state index in [1.165, 1.54) is 16.9 Å². The lowest BCUT2D eigenvalue weighted by molar-refractivity contribution is -0.117. The lowest BCUT2D eigenvalue weighted by atomic mass is 10.1. The molecule has 0 radical (unpaired) electrons. The Balaban J connectivity index is 1.12. The molecule has 3 aromatic rings. The third kappa shape index (κ3) is 6.93. The van der Waals surface area contributed by atoms with Crippen molar-refractivity contribution in [3.8, 4) is 0 Å². The van der Waals surface area contributed by atoms with Crippen LogP contribution in [-0.2, 0) is 28.9 Å². The summed E-state index contributed by atoms with van der Waals surface area (Å²) in [6.45, 7) is 4.89. The molecule has 1 N–H and O–H groups in total. The minimum atomic E-state index is -0.285. The molecule has 8 nitrogen and oxygen atoms in total. The molecule has 0 saturated carbocycles. The molecule has 2 aliphatic heterocycles. The van der Waals surface area contributed by atoms with E-state index >= 15 is 0 Å². The summed E-state index contributed by atoms with van der Waals surface area (Å²) in [6.07, 6.45) is 2.81. The number of amides is 2. The minimum Gasteiger partial charge on any atom is -0.380 e. The van der Waals surface area contributed by atoms with Crippen LogP contribution in [-0.4, -0.2) is 65.8 Å². The second-order valence-electron chi connectivity index (χ2n) is 9.41. The number of hydrogen-bond acceptors (Lipinski definition) is 7. The molecule has 2 saturated heterocycles. The van der Waals surface area contributed by atoms with E-state index in [1.807, 2.05) is 36.4 Å². The van der Waals surface area contributed by atoms with Crippen LogP contribution in [0.5, 0.6) is 0 Å². The molecule has 2 amide bonds. The molecule has 3 heterocycles. The smallest absolute Gasteiger partial charge is 0.282 e. The Bertz CT molecular complexity index is 1210. The van der Waals surface area contributed by atoms with Crippen molar-refractivity contribution < 1.29 is 14.3 Å².